The highest BCUT2D eigenvalue weighted by molar-refractivity contribution is 5.99. The van der Waals surface area contributed by atoms with Crippen molar-refractivity contribution < 1.29 is 13.9 Å². The van der Waals surface area contributed by atoms with Gasteiger partial charge in [-0.25, -0.2) is 9.78 Å². The Bertz CT molecular complexity index is 1470. The number of rotatable bonds is 3. The molecule has 5 rings (SSSR count). The van der Waals surface area contributed by atoms with Crippen LogP contribution in [0.15, 0.2) is 38.5 Å². The molecule has 1 aliphatic rings. The highest BCUT2D eigenvalue weighted by Crippen LogP contribution is 2.31. The second-order valence-corrected chi connectivity index (χ2v) is 8.10. The molecule has 10 nitrogen and oxygen atoms in total. The Kier molecular flexibility index (Phi) is 4.65. The van der Waals surface area contributed by atoms with Crippen LogP contribution in [0.2, 0.25) is 0 Å². The zero-order valence-electron chi connectivity index (χ0n) is 18.0. The van der Waals surface area contributed by atoms with Gasteiger partial charge < -0.3 is 19.0 Å². The number of amides is 1. The molecule has 4 aromatic rings. The fraction of sp³-hybridized carbons (Fsp3) is 0.364. The number of nitrogens with one attached hydrogen (secondary N) is 1. The van der Waals surface area contributed by atoms with E-state index in [4.69, 9.17) is 9.15 Å². The van der Waals surface area contributed by atoms with Gasteiger partial charge in [0.1, 0.15) is 22.7 Å². The van der Waals surface area contributed by atoms with Crippen molar-refractivity contribution in [3.05, 3.63) is 56.7 Å². The molecule has 1 aliphatic heterocycles. The van der Waals surface area contributed by atoms with E-state index in [1.165, 1.54) is 11.6 Å². The maximum atomic E-state index is 13.1. The van der Waals surface area contributed by atoms with Gasteiger partial charge in [-0.3, -0.25) is 18.7 Å². The van der Waals surface area contributed by atoms with Crippen LogP contribution < -0.4 is 16.0 Å². The highest BCUT2D eigenvalue weighted by atomic mass is 16.5. The third-order valence-corrected chi connectivity index (χ3v) is 6.28. The van der Waals surface area contributed by atoms with E-state index in [1.807, 2.05) is 6.07 Å². The minimum atomic E-state index is -0.412. The van der Waals surface area contributed by atoms with E-state index >= 15 is 0 Å². The lowest BCUT2D eigenvalue weighted by Crippen LogP contribution is -2.38. The molecule has 0 saturated carbocycles. The van der Waals surface area contributed by atoms with Gasteiger partial charge in [0.25, 0.3) is 11.5 Å². The summed E-state index contributed by atoms with van der Waals surface area (Å²) < 4.78 is 13.3. The van der Waals surface area contributed by atoms with Crippen LogP contribution in [0.4, 0.5) is 0 Å². The molecule has 0 unspecified atom stereocenters. The Morgan fingerprint density at radius 1 is 1.19 bits per heavy atom. The number of piperidine rings is 1. The Labute approximate surface area is 182 Å². The molecule has 166 valence electrons. The van der Waals surface area contributed by atoms with Crippen molar-refractivity contribution in [2.75, 3.05) is 20.2 Å². The van der Waals surface area contributed by atoms with Crippen LogP contribution in [-0.4, -0.2) is 50.1 Å². The number of imidazole rings is 1. The first-order valence-corrected chi connectivity index (χ1v) is 10.4. The number of aromatic amines is 1. The fourth-order valence-electron chi connectivity index (χ4n) is 4.41. The summed E-state index contributed by atoms with van der Waals surface area (Å²) in [5.41, 5.74) is 0.996. The summed E-state index contributed by atoms with van der Waals surface area (Å²) >= 11 is 0. The zero-order valence-corrected chi connectivity index (χ0v) is 18.0. The lowest BCUT2D eigenvalue weighted by atomic mass is 9.95. The number of hydrogen-bond acceptors (Lipinski definition) is 6. The number of nitrogens with zero attached hydrogens (tertiary/aromatic N) is 4. The molecule has 32 heavy (non-hydrogen) atoms. The summed E-state index contributed by atoms with van der Waals surface area (Å²) in [6.45, 7) is 1.10. The number of aromatic nitrogens is 4. The van der Waals surface area contributed by atoms with Crippen molar-refractivity contribution in [3.63, 3.8) is 0 Å². The lowest BCUT2D eigenvalue weighted by molar-refractivity contribution is 0.0711. The van der Waals surface area contributed by atoms with Gasteiger partial charge in [0.05, 0.1) is 18.8 Å². The van der Waals surface area contributed by atoms with Gasteiger partial charge in [-0.1, -0.05) is 0 Å². The van der Waals surface area contributed by atoms with Crippen molar-refractivity contribution >= 4 is 28.0 Å². The molecule has 4 heterocycles. The molecule has 10 heteroatoms. The lowest BCUT2D eigenvalue weighted by Gasteiger charge is -2.31. The molecule has 1 saturated heterocycles. The number of ether oxygens (including phenoxy) is 1. The van der Waals surface area contributed by atoms with E-state index in [9.17, 15) is 14.4 Å². The van der Waals surface area contributed by atoms with E-state index in [-0.39, 0.29) is 11.8 Å². The summed E-state index contributed by atoms with van der Waals surface area (Å²) in [6, 6.07) is 5.29. The predicted octanol–water partition coefficient (Wildman–Crippen LogP) is 1.73. The summed E-state index contributed by atoms with van der Waals surface area (Å²) in [6.07, 6.45) is 2.96. The summed E-state index contributed by atoms with van der Waals surface area (Å²) in [4.78, 5) is 47.2. The van der Waals surface area contributed by atoms with Crippen LogP contribution in [-0.2, 0) is 14.1 Å². The second-order valence-electron chi connectivity index (χ2n) is 8.10. The van der Waals surface area contributed by atoms with Gasteiger partial charge in [-0.15, -0.1) is 0 Å². The number of carbonyl (C=O) groups is 1. The molecule has 1 fully saturated rings. The van der Waals surface area contributed by atoms with E-state index < -0.39 is 11.2 Å². The number of hydrogen-bond donors (Lipinski definition) is 1. The van der Waals surface area contributed by atoms with Gasteiger partial charge in [0.15, 0.2) is 5.65 Å². The Morgan fingerprint density at radius 3 is 2.66 bits per heavy atom. The number of furan rings is 1. The normalized spacial score (nSPS) is 15.0. The molecule has 0 aliphatic carbocycles. The smallest absolute Gasteiger partial charge is 0.332 e. The molecule has 0 bridgehead atoms. The van der Waals surface area contributed by atoms with Crippen molar-refractivity contribution in [2.24, 2.45) is 14.1 Å². The van der Waals surface area contributed by atoms with Crippen LogP contribution in [0.1, 0.15) is 34.9 Å². The maximum Gasteiger partial charge on any atom is 0.332 e. The van der Waals surface area contributed by atoms with Crippen LogP contribution in [0.3, 0.4) is 0 Å². The van der Waals surface area contributed by atoms with Crippen molar-refractivity contribution in [1.82, 2.24) is 24.0 Å². The van der Waals surface area contributed by atoms with E-state index in [0.29, 0.717) is 59.8 Å². The van der Waals surface area contributed by atoms with Gasteiger partial charge in [0.2, 0.25) is 0 Å². The molecule has 1 aromatic carbocycles. The number of fused-ring (bicyclic) bond motifs is 2. The first-order chi connectivity index (χ1) is 15.4. The second kappa shape index (κ2) is 7.40. The average molecular weight is 437 g/mol. The van der Waals surface area contributed by atoms with Crippen LogP contribution in [0, 0.1) is 0 Å². The number of aryl methyl sites for hydroxylation is 1. The molecule has 1 N–H and O–H groups in total. The van der Waals surface area contributed by atoms with Crippen LogP contribution in [0.25, 0.3) is 22.1 Å². The largest absolute Gasteiger partial charge is 0.496 e. The van der Waals surface area contributed by atoms with E-state index in [0.717, 1.165) is 9.95 Å². The zero-order chi connectivity index (χ0) is 22.6. The average Bonchev–Trinajstić information content (AvgIpc) is 3.48. The predicted molar refractivity (Wildman–Crippen MR) is 117 cm³/mol. The highest BCUT2D eigenvalue weighted by Gasteiger charge is 2.28. The minimum absolute atomic E-state index is 0.0633. The summed E-state index contributed by atoms with van der Waals surface area (Å²) in [5, 5.41) is 0.827. The van der Waals surface area contributed by atoms with Gasteiger partial charge in [-0.05, 0) is 31.0 Å². The van der Waals surface area contributed by atoms with Crippen molar-refractivity contribution in [3.8, 4) is 5.75 Å². The minimum Gasteiger partial charge on any atom is -0.496 e. The number of likely N-dealkylation sites (tertiary alicyclic amines) is 1. The number of methoxy groups -OCH3 is 1. The Balaban J connectivity index is 1.37. The first-order valence-electron chi connectivity index (χ1n) is 10.4. The molecular weight excluding hydrogens is 414 g/mol. The fourth-order valence-corrected chi connectivity index (χ4v) is 4.41. The van der Waals surface area contributed by atoms with Crippen LogP contribution >= 0.6 is 0 Å². The molecule has 0 radical (unpaired) electrons. The maximum absolute atomic E-state index is 13.1. The van der Waals surface area contributed by atoms with Crippen molar-refractivity contribution in [1.29, 1.82) is 0 Å². The van der Waals surface area contributed by atoms with Gasteiger partial charge in [-0.2, -0.15) is 0 Å². The van der Waals surface area contributed by atoms with Gasteiger partial charge in [0, 0.05) is 38.7 Å². The molecule has 3 aromatic heterocycles. The van der Waals surface area contributed by atoms with E-state index in [1.54, 1.807) is 37.5 Å². The SMILES string of the molecule is COc1cc(C(=O)N2CCC(c3nc4c([nH]3)c(=O)n(C)c(=O)n4C)CC2)cc2occc12. The van der Waals surface area contributed by atoms with Crippen LogP contribution in [0.5, 0.6) is 5.75 Å². The summed E-state index contributed by atoms with van der Waals surface area (Å²) in [7, 11) is 4.61. The third-order valence-electron chi connectivity index (χ3n) is 6.28. The quantitative estimate of drug-likeness (QED) is 0.522. The first kappa shape index (κ1) is 20.1. The number of benzene rings is 1. The van der Waals surface area contributed by atoms with E-state index in [2.05, 4.69) is 9.97 Å². The number of carbonyl (C=O) groups excluding carboxylic acids is 1. The standard InChI is InChI=1S/C22H23N5O5/c1-25-19-17(21(29)26(2)22(25)30)23-18(24-19)12-4-7-27(8-5-12)20(28)13-10-15(31-3)14-6-9-32-16(14)11-13/h6,9-12H,4-5,7-8H2,1-3H3,(H,23,24). The molecular formula is C22H23N5O5. The Morgan fingerprint density at radius 2 is 1.94 bits per heavy atom. The number of H-pyrrole nitrogens is 1. The topological polar surface area (TPSA) is 115 Å². The van der Waals surface area contributed by atoms with Gasteiger partial charge >= 0.3 is 5.69 Å². The van der Waals surface area contributed by atoms with Crippen molar-refractivity contribution in [2.45, 2.75) is 18.8 Å². The summed E-state index contributed by atoms with van der Waals surface area (Å²) in [5.74, 6) is 1.25. The monoisotopic (exact) mass is 437 g/mol. The molecule has 0 atom stereocenters. The third kappa shape index (κ3) is 3.02. The molecule has 1 amide bonds. The molecule has 0 spiro atoms. The Hall–Kier alpha value is -3.82.